The number of nitrogens with zero attached hydrogens (tertiary/aromatic N) is 1. The fourth-order valence-electron chi connectivity index (χ4n) is 1.84. The summed E-state index contributed by atoms with van der Waals surface area (Å²) in [6.07, 6.45) is -1.01. The lowest BCUT2D eigenvalue weighted by molar-refractivity contribution is -0.137. The number of hydrogen-bond donors (Lipinski definition) is 4. The van der Waals surface area contributed by atoms with Crippen molar-refractivity contribution in [2.24, 2.45) is 4.99 Å². The third kappa shape index (κ3) is 2.51. The molecular formula is C10H14N2O5S. The average Bonchev–Trinajstić information content (AvgIpc) is 2.75. The zero-order valence-electron chi connectivity index (χ0n) is 9.56. The van der Waals surface area contributed by atoms with Crippen LogP contribution in [0.2, 0.25) is 0 Å². The molecule has 0 amide bonds. The molecule has 2 heterocycles. The molecule has 5 atom stereocenters. The summed E-state index contributed by atoms with van der Waals surface area (Å²) in [5.74, 6) is -1.13. The first-order chi connectivity index (χ1) is 8.52. The van der Waals surface area contributed by atoms with Gasteiger partial charge in [0.2, 0.25) is 0 Å². The molecule has 0 aromatic carbocycles. The monoisotopic (exact) mass is 274 g/mol. The maximum absolute atomic E-state index is 10.4. The molecule has 4 N–H and O–H groups in total. The zero-order valence-corrected chi connectivity index (χ0v) is 10.4. The number of aliphatic hydroxyl groups excluding tert-OH is 2. The van der Waals surface area contributed by atoms with Gasteiger partial charge in [-0.25, -0.2) is 4.79 Å². The van der Waals surface area contributed by atoms with E-state index >= 15 is 0 Å². The number of aliphatic carboxylic acids is 1. The standard InChI is InChI=1S/C10H14N2O5S/c1-11-10-12-6-8(16)7(15)4(2-3-5(13)14)17-9(6)18-10/h2-4,6-9,15-16H,1H3,(H,11,12)(H,13,14)/t4-,6-,7+,8-,9-/m1/s1. The number of thioether (sulfide) groups is 1. The Kier molecular flexibility index (Phi) is 3.91. The van der Waals surface area contributed by atoms with E-state index in [1.54, 1.807) is 7.05 Å². The summed E-state index contributed by atoms with van der Waals surface area (Å²) in [5.41, 5.74) is -0.422. The van der Waals surface area contributed by atoms with Crippen molar-refractivity contribution in [3.63, 3.8) is 0 Å². The Balaban J connectivity index is 2.10. The van der Waals surface area contributed by atoms with Crippen LogP contribution in [0.4, 0.5) is 0 Å². The van der Waals surface area contributed by atoms with Crippen molar-refractivity contribution in [1.82, 2.24) is 5.32 Å². The lowest BCUT2D eigenvalue weighted by Crippen LogP contribution is -2.54. The number of aliphatic hydroxyl groups is 2. The number of hydrogen-bond acceptors (Lipinski definition) is 7. The molecule has 8 heteroatoms. The van der Waals surface area contributed by atoms with Crippen molar-refractivity contribution in [3.8, 4) is 0 Å². The molecule has 2 aliphatic heterocycles. The Morgan fingerprint density at radius 2 is 2.22 bits per heavy atom. The highest BCUT2D eigenvalue weighted by atomic mass is 32.2. The van der Waals surface area contributed by atoms with E-state index in [2.05, 4.69) is 10.3 Å². The highest BCUT2D eigenvalue weighted by Crippen LogP contribution is 2.35. The van der Waals surface area contributed by atoms with Crippen molar-refractivity contribution in [3.05, 3.63) is 12.2 Å². The average molecular weight is 274 g/mol. The maximum Gasteiger partial charge on any atom is 0.328 e. The van der Waals surface area contributed by atoms with E-state index in [-0.39, 0.29) is 0 Å². The second kappa shape index (κ2) is 5.27. The second-order valence-electron chi connectivity index (χ2n) is 3.94. The Labute approximate surface area is 108 Å². The van der Waals surface area contributed by atoms with Crippen LogP contribution in [0.5, 0.6) is 0 Å². The van der Waals surface area contributed by atoms with Crippen LogP contribution in [0.15, 0.2) is 17.1 Å². The van der Waals surface area contributed by atoms with Crippen LogP contribution >= 0.6 is 11.8 Å². The fraction of sp³-hybridized carbons (Fsp3) is 0.600. The number of carbonyl (C=O) groups is 1. The molecule has 100 valence electrons. The fourth-order valence-corrected chi connectivity index (χ4v) is 2.91. The Bertz CT molecular complexity index is 400. The molecule has 0 saturated carbocycles. The highest BCUT2D eigenvalue weighted by Gasteiger charge is 2.47. The van der Waals surface area contributed by atoms with Gasteiger partial charge in [0.05, 0.1) is 0 Å². The summed E-state index contributed by atoms with van der Waals surface area (Å²) in [6.45, 7) is 0. The number of rotatable bonds is 2. The van der Waals surface area contributed by atoms with Gasteiger partial charge in [0.1, 0.15) is 29.8 Å². The molecule has 2 aliphatic rings. The van der Waals surface area contributed by atoms with E-state index < -0.39 is 35.8 Å². The van der Waals surface area contributed by atoms with Gasteiger partial charge in [0, 0.05) is 13.1 Å². The highest BCUT2D eigenvalue weighted by molar-refractivity contribution is 8.14. The van der Waals surface area contributed by atoms with E-state index in [1.165, 1.54) is 17.8 Å². The summed E-state index contributed by atoms with van der Waals surface area (Å²) < 4.78 is 5.52. The predicted octanol–water partition coefficient (Wildman–Crippen LogP) is -1.24. The molecule has 0 aromatic heterocycles. The van der Waals surface area contributed by atoms with Crippen molar-refractivity contribution < 1.29 is 24.9 Å². The Morgan fingerprint density at radius 1 is 1.50 bits per heavy atom. The molecule has 0 radical (unpaired) electrons. The SMILES string of the molecule is CNC1=N[C@@H]2[C@@H](O)[C@@H](O)[C@@H](C=CC(=O)O)O[C@@H]2S1. The molecule has 0 spiro atoms. The van der Waals surface area contributed by atoms with Crippen molar-refractivity contribution in [1.29, 1.82) is 0 Å². The molecule has 0 aliphatic carbocycles. The largest absolute Gasteiger partial charge is 0.478 e. The summed E-state index contributed by atoms with van der Waals surface area (Å²) in [6, 6.07) is -0.540. The molecule has 2 rings (SSSR count). The van der Waals surface area contributed by atoms with Crippen molar-refractivity contribution in [2.45, 2.75) is 29.8 Å². The smallest absolute Gasteiger partial charge is 0.328 e. The van der Waals surface area contributed by atoms with E-state index in [0.717, 1.165) is 6.08 Å². The van der Waals surface area contributed by atoms with Gasteiger partial charge in [-0.15, -0.1) is 0 Å². The van der Waals surface area contributed by atoms with E-state index in [4.69, 9.17) is 9.84 Å². The predicted molar refractivity (Wildman–Crippen MR) is 65.3 cm³/mol. The number of aliphatic imine (C=N–C) groups is 1. The third-order valence-corrected chi connectivity index (χ3v) is 3.90. The van der Waals surface area contributed by atoms with Crippen LogP contribution in [0.3, 0.4) is 0 Å². The molecule has 0 bridgehead atoms. The first kappa shape index (κ1) is 13.3. The Hall–Kier alpha value is -1.09. The Morgan fingerprint density at radius 3 is 2.83 bits per heavy atom. The van der Waals surface area contributed by atoms with Crippen LogP contribution in [-0.4, -0.2) is 63.3 Å². The topological polar surface area (TPSA) is 111 Å². The molecular weight excluding hydrogens is 260 g/mol. The van der Waals surface area contributed by atoms with Crippen molar-refractivity contribution in [2.75, 3.05) is 7.05 Å². The van der Waals surface area contributed by atoms with E-state index in [0.29, 0.717) is 5.17 Å². The molecule has 0 aromatic rings. The van der Waals surface area contributed by atoms with Gasteiger partial charge in [-0.05, 0) is 6.08 Å². The molecule has 1 fully saturated rings. The normalized spacial score (nSPS) is 39.5. The quantitative estimate of drug-likeness (QED) is 0.466. The third-order valence-electron chi connectivity index (χ3n) is 2.74. The molecule has 18 heavy (non-hydrogen) atoms. The van der Waals surface area contributed by atoms with Gasteiger partial charge >= 0.3 is 5.97 Å². The van der Waals surface area contributed by atoms with Crippen LogP contribution in [-0.2, 0) is 9.53 Å². The summed E-state index contributed by atoms with van der Waals surface area (Å²) >= 11 is 1.30. The number of nitrogens with one attached hydrogen (secondary N) is 1. The van der Waals surface area contributed by atoms with E-state index in [1.807, 2.05) is 0 Å². The number of amidine groups is 1. The van der Waals surface area contributed by atoms with Crippen LogP contribution < -0.4 is 5.32 Å². The number of fused-ring (bicyclic) bond motifs is 1. The zero-order chi connectivity index (χ0) is 13.3. The summed E-state index contributed by atoms with van der Waals surface area (Å²) in [5, 5.41) is 31.8. The molecule has 0 unspecified atom stereocenters. The lowest BCUT2D eigenvalue weighted by atomic mass is 9.98. The lowest BCUT2D eigenvalue weighted by Gasteiger charge is -2.36. The first-order valence-corrected chi connectivity index (χ1v) is 6.26. The van der Waals surface area contributed by atoms with E-state index in [9.17, 15) is 15.0 Å². The molecule has 1 saturated heterocycles. The minimum absolute atomic E-state index is 0.422. The van der Waals surface area contributed by atoms with Gasteiger partial charge in [0.15, 0.2) is 5.17 Å². The van der Waals surface area contributed by atoms with Crippen molar-refractivity contribution >= 4 is 22.9 Å². The number of ether oxygens (including phenoxy) is 1. The maximum atomic E-state index is 10.4. The second-order valence-corrected chi connectivity index (χ2v) is 5.03. The van der Waals surface area contributed by atoms with Crippen LogP contribution in [0.25, 0.3) is 0 Å². The van der Waals surface area contributed by atoms with Crippen LogP contribution in [0.1, 0.15) is 0 Å². The van der Waals surface area contributed by atoms with Gasteiger partial charge in [0.25, 0.3) is 0 Å². The number of carboxylic acid groups (broad SMARTS) is 1. The van der Waals surface area contributed by atoms with Gasteiger partial charge in [-0.2, -0.15) is 0 Å². The number of carboxylic acids is 1. The van der Waals surface area contributed by atoms with Gasteiger partial charge in [-0.3, -0.25) is 4.99 Å². The first-order valence-electron chi connectivity index (χ1n) is 5.38. The minimum Gasteiger partial charge on any atom is -0.478 e. The summed E-state index contributed by atoms with van der Waals surface area (Å²) in [7, 11) is 1.70. The van der Waals surface area contributed by atoms with Gasteiger partial charge < -0.3 is 25.4 Å². The van der Waals surface area contributed by atoms with Crippen LogP contribution in [0, 0.1) is 0 Å². The summed E-state index contributed by atoms with van der Waals surface area (Å²) in [4.78, 5) is 14.6. The van der Waals surface area contributed by atoms with Gasteiger partial charge in [-0.1, -0.05) is 11.8 Å². The minimum atomic E-state index is -1.19. The molecule has 7 nitrogen and oxygen atoms in total.